The smallest absolute Gasteiger partial charge is 0.744 e. The third-order valence-corrected chi connectivity index (χ3v) is 14.7. The molecule has 418 valence electrons. The van der Waals surface area contributed by atoms with Crippen molar-refractivity contribution >= 4 is 85.8 Å². The van der Waals surface area contributed by atoms with Gasteiger partial charge in [-0.3, -0.25) is 0 Å². The molecule has 85 heavy (non-hydrogen) atoms. The first kappa shape index (κ1) is 74.1. The third-order valence-electron chi connectivity index (χ3n) is 11.4. The summed E-state index contributed by atoms with van der Waals surface area (Å²) in [4.78, 5) is 5.31. The van der Waals surface area contributed by atoms with Crippen LogP contribution in [-0.2, 0) is 60.0 Å². The molecule has 9 rings (SSSR count). The zero-order chi connectivity index (χ0) is 59.3. The van der Waals surface area contributed by atoms with Crippen molar-refractivity contribution in [2.24, 2.45) is 0 Å². The summed E-state index contributed by atoms with van der Waals surface area (Å²) in [5.41, 5.74) is -37.1. The van der Waals surface area contributed by atoms with Gasteiger partial charge in [0.1, 0.15) is 133 Å². The topological polar surface area (TPSA) is 283 Å². The van der Waals surface area contributed by atoms with Gasteiger partial charge in [-0.05, 0) is 48.5 Å². The molecule has 0 spiro atoms. The van der Waals surface area contributed by atoms with Crippen LogP contribution in [0.25, 0.3) is 89.9 Å². The number of benzene rings is 4. The predicted molar refractivity (Wildman–Crippen MR) is 230 cm³/mol. The minimum absolute atomic E-state index is 0. The normalized spacial score (nSPS) is 12.8. The molecule has 8 bridgehead atoms. The summed E-state index contributed by atoms with van der Waals surface area (Å²) < 4.78 is 407. The van der Waals surface area contributed by atoms with Crippen molar-refractivity contribution in [1.82, 2.24) is 19.9 Å². The van der Waals surface area contributed by atoms with Crippen LogP contribution in [0.3, 0.4) is 0 Å². The maximum atomic E-state index is 16.9. The number of fused-ring (bicyclic) bond motifs is 8. The van der Waals surface area contributed by atoms with Gasteiger partial charge in [0.15, 0.2) is 23.3 Å². The van der Waals surface area contributed by atoms with Crippen LogP contribution in [0.1, 0.15) is 22.8 Å². The fourth-order valence-electron chi connectivity index (χ4n) is 8.12. The maximum Gasteiger partial charge on any atom is 2.00 e. The van der Waals surface area contributed by atoms with Crippen LogP contribution in [0.2, 0.25) is 0 Å². The number of nitrogens with zero attached hydrogens (tertiary/aromatic N) is 4. The molecule has 3 aromatic heterocycles. The quantitative estimate of drug-likeness (QED) is 0.0837. The Balaban J connectivity index is 0.00000310. The standard InChI is InChI=1S/C44H12F16N4O12S4.4Na.Zn/c45-13-1-9(77(65,66)67)2-14(46)21(13)25-37-29(53)31(55)39(61-37)26(22-15(47)3-10(4-16(22)48)78(68,69)70)41-33(57)35(59)43(63-41)28(24-19(51)7-12(8-20(24)52)80(74,75)76)44-36(60)34(58)42(64-44)27(40-32(56)30(54)38(25)62-40)23-17(49)5-11(6-18(23)50)79(71,72)73;;;;;/h1-8H,(H,65,66,67)(H,68,69,70)(H,71,72,73)(H,74,75,76);;;;;/q-2;4*+1;+2/p-4. The minimum atomic E-state index is -5.99. The third kappa shape index (κ3) is 12.9. The second kappa shape index (κ2) is 25.8. The van der Waals surface area contributed by atoms with E-state index < -0.39 is 291 Å². The number of aromatic nitrogens is 4. The molecule has 0 fully saturated rings. The van der Waals surface area contributed by atoms with E-state index in [1.807, 2.05) is 0 Å². The van der Waals surface area contributed by atoms with Crippen LogP contribution in [-0.4, -0.2) is 61.9 Å². The van der Waals surface area contributed by atoms with E-state index in [4.69, 9.17) is 0 Å². The van der Waals surface area contributed by atoms with Crippen molar-refractivity contribution < 1.29 is 260 Å². The van der Waals surface area contributed by atoms with E-state index in [2.05, 4.69) is 19.9 Å². The van der Waals surface area contributed by atoms with Crippen molar-refractivity contribution in [3.63, 3.8) is 0 Å². The number of halogens is 16. The van der Waals surface area contributed by atoms with Gasteiger partial charge in [-0.15, -0.1) is 0 Å². The summed E-state index contributed by atoms with van der Waals surface area (Å²) in [7, 11) is -24.0. The van der Waals surface area contributed by atoms with E-state index in [-0.39, 0.29) is 138 Å². The minimum Gasteiger partial charge on any atom is -0.744 e. The van der Waals surface area contributed by atoms with Gasteiger partial charge in [0.05, 0.1) is 41.8 Å². The SMILES string of the molecule is O=S(=O)([O-])c1cc(F)c(-c2c3nc(c(-c4c(F)cc(S(=O)(=O)[O-])cc4F)c4[n-]c(c(F)c4F)c(-c4c(F)cc(S(=O)(=O)[O-])cc4F)c4nc(c(-c5c(F)cc(S(=O)(=O)[O-])cc5F)c5[n-]c2c(F)c5F)C(F)=C4F)C(F)=C3F)c(F)c1.[Na+].[Na+].[Na+].[Na+].[Zn+2]. The van der Waals surface area contributed by atoms with Gasteiger partial charge in [0.2, 0.25) is 0 Å². The summed E-state index contributed by atoms with van der Waals surface area (Å²) in [6, 6.07) is -3.68. The second-order valence-corrected chi connectivity index (χ2v) is 21.6. The molecule has 0 atom stereocenters. The molecule has 7 aromatic rings. The Morgan fingerprint density at radius 2 is 0.424 bits per heavy atom. The van der Waals surface area contributed by atoms with E-state index in [1.165, 1.54) is 0 Å². The molecule has 0 unspecified atom stereocenters. The van der Waals surface area contributed by atoms with E-state index in [0.29, 0.717) is 0 Å². The molecule has 0 saturated heterocycles. The van der Waals surface area contributed by atoms with Crippen molar-refractivity contribution in [2.75, 3.05) is 0 Å². The van der Waals surface area contributed by atoms with Crippen molar-refractivity contribution in [3.8, 4) is 44.5 Å². The molecule has 2 aliphatic heterocycles. The maximum absolute atomic E-state index is 16.9. The van der Waals surface area contributed by atoms with Crippen molar-refractivity contribution in [2.45, 2.75) is 19.6 Å². The fourth-order valence-corrected chi connectivity index (χ4v) is 10.1. The number of rotatable bonds is 8. The fraction of sp³-hybridized carbons (Fsp3) is 0. The first-order chi connectivity index (χ1) is 36.9. The van der Waals surface area contributed by atoms with Crippen LogP contribution >= 0.6 is 0 Å². The van der Waals surface area contributed by atoms with Crippen molar-refractivity contribution in [1.29, 1.82) is 0 Å². The van der Waals surface area contributed by atoms with Gasteiger partial charge in [-0.25, -0.2) is 114 Å². The average molecular weight is 1370 g/mol. The molecule has 0 radical (unpaired) electrons. The zero-order valence-corrected chi connectivity index (χ0v) is 55.9. The molecular weight excluding hydrogens is 1370 g/mol. The Labute approximate surface area is 564 Å². The molecular formula is C44H8F16N4Na4O12S4Zn. The molecule has 2 aliphatic rings. The molecule has 0 N–H and O–H groups in total. The molecule has 16 nitrogen and oxygen atoms in total. The second-order valence-electron chi connectivity index (χ2n) is 16.1. The molecule has 0 amide bonds. The van der Waals surface area contributed by atoms with Crippen LogP contribution in [0.5, 0.6) is 0 Å². The largest absolute Gasteiger partial charge is 2.00 e. The van der Waals surface area contributed by atoms with Gasteiger partial charge in [0.25, 0.3) is 0 Å². The Kier molecular flexibility index (Phi) is 22.5. The van der Waals surface area contributed by atoms with Gasteiger partial charge >= 0.3 is 138 Å². The first-order valence-electron chi connectivity index (χ1n) is 20.2. The van der Waals surface area contributed by atoms with E-state index >= 15 is 70.2 Å². The number of hydrogen-bond donors (Lipinski definition) is 0. The molecule has 5 heterocycles. The Morgan fingerprint density at radius 1 is 0.282 bits per heavy atom. The summed E-state index contributed by atoms with van der Waals surface area (Å²) >= 11 is 0. The summed E-state index contributed by atoms with van der Waals surface area (Å²) in [5, 5.41) is 0. The Morgan fingerprint density at radius 3 is 0.553 bits per heavy atom. The van der Waals surface area contributed by atoms with Crippen LogP contribution in [0.15, 0.2) is 68.1 Å². The molecule has 41 heteroatoms. The van der Waals surface area contributed by atoms with E-state index in [0.717, 1.165) is 0 Å². The van der Waals surface area contributed by atoms with Gasteiger partial charge in [-0.2, -0.15) is 0 Å². The monoisotopic (exact) mass is 1370 g/mol. The summed E-state index contributed by atoms with van der Waals surface area (Å²) in [6.45, 7) is 0. The van der Waals surface area contributed by atoms with Gasteiger partial charge in [0, 0.05) is 22.3 Å². The van der Waals surface area contributed by atoms with E-state index in [1.54, 1.807) is 0 Å². The Hall–Kier alpha value is -3.38. The Bertz CT molecular complexity index is 4150. The zero-order valence-electron chi connectivity index (χ0n) is 41.7. The van der Waals surface area contributed by atoms with E-state index in [9.17, 15) is 51.9 Å². The van der Waals surface area contributed by atoms with Gasteiger partial charge in [-0.1, -0.05) is 22.1 Å². The summed E-state index contributed by atoms with van der Waals surface area (Å²) in [5.74, 6) is -43.8. The van der Waals surface area contributed by atoms with Crippen LogP contribution in [0.4, 0.5) is 70.2 Å². The number of hydrogen-bond acceptors (Lipinski definition) is 14. The first-order valence-corrected chi connectivity index (χ1v) is 25.9. The summed E-state index contributed by atoms with van der Waals surface area (Å²) in [6.07, 6.45) is 0. The molecule has 4 aromatic carbocycles. The van der Waals surface area contributed by atoms with Gasteiger partial charge < -0.3 is 28.2 Å². The molecule has 0 saturated carbocycles. The average Bonchev–Trinajstić information content (AvgIpc) is 3.99. The van der Waals surface area contributed by atoms with Crippen LogP contribution < -0.4 is 128 Å². The van der Waals surface area contributed by atoms with Crippen LogP contribution in [0, 0.1) is 69.8 Å². The predicted octanol–water partition coefficient (Wildman–Crippen LogP) is -2.93. The molecule has 0 aliphatic carbocycles. The van der Waals surface area contributed by atoms with Crippen molar-refractivity contribution in [3.05, 3.63) is 141 Å².